The van der Waals surface area contributed by atoms with Crippen LogP contribution in [-0.2, 0) is 15.4 Å². The van der Waals surface area contributed by atoms with Gasteiger partial charge in [0.25, 0.3) is 0 Å². The fourth-order valence-electron chi connectivity index (χ4n) is 2.88. The van der Waals surface area contributed by atoms with Gasteiger partial charge in [-0.25, -0.2) is 8.42 Å². The molecule has 0 aromatic heterocycles. The maximum atomic E-state index is 12.3. The first-order valence-electron chi connectivity index (χ1n) is 6.93. The largest absolute Gasteiger partial charge is 0.374 e. The zero-order valence-corrected chi connectivity index (χ0v) is 12.4. The number of hydrogen-bond acceptors (Lipinski definition) is 4. The van der Waals surface area contributed by atoms with E-state index in [1.165, 1.54) is 0 Å². The molecule has 0 aliphatic carbocycles. The number of fused-ring (bicyclic) bond motifs is 1. The van der Waals surface area contributed by atoms with Gasteiger partial charge in [0.1, 0.15) is 0 Å². The normalized spacial score (nSPS) is 23.3. The molecule has 0 spiro atoms. The minimum atomic E-state index is -3.21. The molecule has 1 heterocycles. The molecule has 0 radical (unpaired) electrons. The van der Waals surface area contributed by atoms with Crippen LogP contribution in [0.1, 0.15) is 12.0 Å². The van der Waals surface area contributed by atoms with Crippen molar-refractivity contribution in [2.75, 3.05) is 17.6 Å². The topological polar surface area (TPSA) is 72.2 Å². The molecular weight excluding hydrogens is 284 g/mol. The van der Waals surface area contributed by atoms with Crippen molar-refractivity contribution in [3.05, 3.63) is 60.2 Å². The van der Waals surface area contributed by atoms with E-state index in [0.29, 0.717) is 17.9 Å². The van der Waals surface area contributed by atoms with E-state index in [1.807, 2.05) is 42.5 Å². The molecule has 0 saturated heterocycles. The summed E-state index contributed by atoms with van der Waals surface area (Å²) in [6.07, 6.45) is 0.470. The Balaban J connectivity index is 2.11. The van der Waals surface area contributed by atoms with Crippen LogP contribution >= 0.6 is 0 Å². The zero-order chi connectivity index (χ0) is 14.9. The molecule has 4 nitrogen and oxygen atoms in total. The van der Waals surface area contributed by atoms with Gasteiger partial charge in [-0.05, 0) is 30.2 Å². The Hall–Kier alpha value is -1.85. The van der Waals surface area contributed by atoms with Crippen LogP contribution in [0.3, 0.4) is 0 Å². The van der Waals surface area contributed by atoms with Crippen molar-refractivity contribution in [1.82, 2.24) is 0 Å². The second kappa shape index (κ2) is 5.16. The Labute approximate surface area is 124 Å². The van der Waals surface area contributed by atoms with Crippen LogP contribution in [0.2, 0.25) is 0 Å². The molecule has 0 bridgehead atoms. The van der Waals surface area contributed by atoms with Gasteiger partial charge >= 0.3 is 0 Å². The van der Waals surface area contributed by atoms with E-state index in [0.717, 1.165) is 11.3 Å². The second-order valence-electron chi connectivity index (χ2n) is 5.34. The summed E-state index contributed by atoms with van der Waals surface area (Å²) in [4.78, 5) is 0.394. The molecule has 110 valence electrons. The smallest absolute Gasteiger partial charge is 0.178 e. The number of nitrogens with two attached hydrogens (primary N) is 1. The quantitative estimate of drug-likeness (QED) is 0.911. The predicted octanol–water partition coefficient (Wildman–Crippen LogP) is 2.13. The summed E-state index contributed by atoms with van der Waals surface area (Å²) in [5.74, 6) is 0.112. The van der Waals surface area contributed by atoms with E-state index >= 15 is 0 Å². The molecule has 5 heteroatoms. The molecule has 1 unspecified atom stereocenters. The van der Waals surface area contributed by atoms with Gasteiger partial charge in [0.2, 0.25) is 0 Å². The van der Waals surface area contributed by atoms with Crippen molar-refractivity contribution in [2.45, 2.75) is 16.9 Å². The summed E-state index contributed by atoms with van der Waals surface area (Å²) in [5.41, 5.74) is 7.20. The van der Waals surface area contributed by atoms with Crippen molar-refractivity contribution in [3.8, 4) is 0 Å². The number of rotatable bonds is 3. The molecule has 2 aromatic carbocycles. The highest BCUT2D eigenvalue weighted by atomic mass is 32.2. The highest BCUT2D eigenvalue weighted by Gasteiger charge is 2.41. The van der Waals surface area contributed by atoms with Crippen molar-refractivity contribution in [3.63, 3.8) is 0 Å². The first-order chi connectivity index (χ1) is 10.1. The Kier molecular flexibility index (Phi) is 3.47. The highest BCUT2D eigenvalue weighted by molar-refractivity contribution is 7.91. The summed E-state index contributed by atoms with van der Waals surface area (Å²) in [6.45, 7) is 0.342. The van der Waals surface area contributed by atoms with Gasteiger partial charge in [-0.2, -0.15) is 0 Å². The molecule has 1 atom stereocenters. The van der Waals surface area contributed by atoms with Crippen LogP contribution in [0.4, 0.5) is 5.69 Å². The van der Waals surface area contributed by atoms with E-state index in [9.17, 15) is 8.42 Å². The van der Waals surface area contributed by atoms with E-state index in [1.54, 1.807) is 12.1 Å². The fourth-order valence-corrected chi connectivity index (χ4v) is 4.60. The maximum absolute atomic E-state index is 12.3. The third kappa shape index (κ3) is 2.43. The Bertz CT molecular complexity index is 744. The Morgan fingerprint density at radius 3 is 2.43 bits per heavy atom. The Morgan fingerprint density at radius 1 is 1.05 bits per heavy atom. The number of anilines is 1. The van der Waals surface area contributed by atoms with E-state index < -0.39 is 15.4 Å². The van der Waals surface area contributed by atoms with Crippen molar-refractivity contribution >= 4 is 15.5 Å². The lowest BCUT2D eigenvalue weighted by molar-refractivity contribution is 0.456. The average molecular weight is 302 g/mol. The summed E-state index contributed by atoms with van der Waals surface area (Å²) in [5, 5.41) is 3.45. The molecule has 21 heavy (non-hydrogen) atoms. The third-order valence-corrected chi connectivity index (χ3v) is 5.81. The SMILES string of the molecule is NCC1(Nc2ccccc2)CCS(=O)(=O)c2ccccc21. The number of para-hydroxylation sites is 1. The molecule has 1 aliphatic rings. The van der Waals surface area contributed by atoms with Crippen molar-refractivity contribution < 1.29 is 8.42 Å². The minimum Gasteiger partial charge on any atom is -0.374 e. The second-order valence-corrected chi connectivity index (χ2v) is 7.42. The zero-order valence-electron chi connectivity index (χ0n) is 11.6. The molecule has 0 saturated carbocycles. The molecule has 3 rings (SSSR count). The van der Waals surface area contributed by atoms with Crippen LogP contribution < -0.4 is 11.1 Å². The lowest BCUT2D eigenvalue weighted by Gasteiger charge is -2.39. The minimum absolute atomic E-state index is 0.112. The van der Waals surface area contributed by atoms with Crippen LogP contribution in [0.25, 0.3) is 0 Å². The van der Waals surface area contributed by atoms with Crippen LogP contribution in [0.5, 0.6) is 0 Å². The van der Waals surface area contributed by atoms with Crippen LogP contribution in [0.15, 0.2) is 59.5 Å². The molecule has 2 aromatic rings. The molecule has 1 aliphatic heterocycles. The fraction of sp³-hybridized carbons (Fsp3) is 0.250. The standard InChI is InChI=1S/C16H18N2O2S/c17-12-16(18-13-6-2-1-3-7-13)10-11-21(19,20)15-9-5-4-8-14(15)16/h1-9,18H,10-12,17H2. The predicted molar refractivity (Wildman–Crippen MR) is 83.9 cm³/mol. The number of nitrogens with one attached hydrogen (secondary N) is 1. The summed E-state index contributed by atoms with van der Waals surface area (Å²) in [6, 6.07) is 16.9. The lowest BCUT2D eigenvalue weighted by atomic mass is 9.86. The maximum Gasteiger partial charge on any atom is 0.178 e. The van der Waals surface area contributed by atoms with Crippen molar-refractivity contribution in [2.24, 2.45) is 5.73 Å². The average Bonchev–Trinajstić information content (AvgIpc) is 2.52. The van der Waals surface area contributed by atoms with Gasteiger partial charge in [-0.1, -0.05) is 36.4 Å². The summed E-state index contributed by atoms with van der Waals surface area (Å²) >= 11 is 0. The summed E-state index contributed by atoms with van der Waals surface area (Å²) in [7, 11) is -3.21. The van der Waals surface area contributed by atoms with Gasteiger partial charge in [0.15, 0.2) is 9.84 Å². The van der Waals surface area contributed by atoms with Gasteiger partial charge in [-0.3, -0.25) is 0 Å². The van der Waals surface area contributed by atoms with E-state index in [-0.39, 0.29) is 5.75 Å². The van der Waals surface area contributed by atoms with Crippen LogP contribution in [-0.4, -0.2) is 20.7 Å². The van der Waals surface area contributed by atoms with Gasteiger partial charge in [0, 0.05) is 12.2 Å². The van der Waals surface area contributed by atoms with Gasteiger partial charge < -0.3 is 11.1 Å². The summed E-state index contributed by atoms with van der Waals surface area (Å²) < 4.78 is 24.5. The first-order valence-corrected chi connectivity index (χ1v) is 8.58. The number of benzene rings is 2. The number of hydrogen-bond donors (Lipinski definition) is 2. The molecule has 3 N–H and O–H groups in total. The van der Waals surface area contributed by atoms with Crippen molar-refractivity contribution in [1.29, 1.82) is 0 Å². The first kappa shape index (κ1) is 14.1. The third-order valence-electron chi connectivity index (χ3n) is 4.04. The van der Waals surface area contributed by atoms with E-state index in [4.69, 9.17) is 5.73 Å². The van der Waals surface area contributed by atoms with Crippen LogP contribution in [0, 0.1) is 0 Å². The highest BCUT2D eigenvalue weighted by Crippen LogP contribution is 2.38. The molecule has 0 fully saturated rings. The number of sulfone groups is 1. The van der Waals surface area contributed by atoms with Gasteiger partial charge in [0.05, 0.1) is 16.2 Å². The Morgan fingerprint density at radius 2 is 1.71 bits per heavy atom. The van der Waals surface area contributed by atoms with E-state index in [2.05, 4.69) is 5.32 Å². The molecule has 0 amide bonds. The monoisotopic (exact) mass is 302 g/mol. The van der Waals surface area contributed by atoms with Gasteiger partial charge in [-0.15, -0.1) is 0 Å². The lowest BCUT2D eigenvalue weighted by Crippen LogP contribution is -2.47. The molecular formula is C16H18N2O2S.